The van der Waals surface area contributed by atoms with Gasteiger partial charge < -0.3 is 14.5 Å². The van der Waals surface area contributed by atoms with Crippen LogP contribution in [0.5, 0.6) is 5.75 Å². The van der Waals surface area contributed by atoms with Gasteiger partial charge in [0.15, 0.2) is 0 Å². The van der Waals surface area contributed by atoms with Gasteiger partial charge in [-0.2, -0.15) is 0 Å². The van der Waals surface area contributed by atoms with Crippen LogP contribution in [0.3, 0.4) is 0 Å². The van der Waals surface area contributed by atoms with E-state index in [1.165, 1.54) is 23.1 Å². The summed E-state index contributed by atoms with van der Waals surface area (Å²) >= 11 is 2.72. The number of nitrogens with zero attached hydrogens (tertiary/aromatic N) is 2. The zero-order valence-corrected chi connectivity index (χ0v) is 14.5. The lowest BCUT2D eigenvalue weighted by atomic mass is 10.3. The molecule has 3 aromatic rings. The minimum Gasteiger partial charge on any atom is -0.492 e. The van der Waals surface area contributed by atoms with Crippen LogP contribution in [0.1, 0.15) is 6.92 Å². The summed E-state index contributed by atoms with van der Waals surface area (Å²) in [6.45, 7) is 2.43. The fourth-order valence-electron chi connectivity index (χ4n) is 1.93. The molecule has 0 aliphatic rings. The van der Waals surface area contributed by atoms with E-state index in [4.69, 9.17) is 9.15 Å². The van der Waals surface area contributed by atoms with Crippen molar-refractivity contribution in [2.45, 2.75) is 12.1 Å². The Morgan fingerprint density at radius 2 is 2.17 bits per heavy atom. The molecule has 0 aliphatic heterocycles. The highest BCUT2D eigenvalue weighted by Crippen LogP contribution is 2.27. The number of carbonyl (C=O) groups is 1. The molecule has 0 aliphatic carbocycles. The number of benzene rings is 1. The Morgan fingerprint density at radius 1 is 1.29 bits per heavy atom. The largest absolute Gasteiger partial charge is 0.492 e. The van der Waals surface area contributed by atoms with E-state index in [-0.39, 0.29) is 11.7 Å². The van der Waals surface area contributed by atoms with Gasteiger partial charge in [0.1, 0.15) is 5.75 Å². The number of ether oxygens (including phenoxy) is 1. The van der Waals surface area contributed by atoms with E-state index in [1.54, 1.807) is 6.07 Å². The number of amides is 1. The summed E-state index contributed by atoms with van der Waals surface area (Å²) in [5, 5.41) is 13.1. The first-order chi connectivity index (χ1) is 11.8. The molecule has 124 valence electrons. The van der Waals surface area contributed by atoms with Crippen LogP contribution >= 0.6 is 23.1 Å². The second-order valence-corrected chi connectivity index (χ2v) is 6.49. The molecule has 0 saturated carbocycles. The summed E-state index contributed by atoms with van der Waals surface area (Å²) in [6.07, 6.45) is 0. The molecular formula is C16H15N3O3S2. The van der Waals surface area contributed by atoms with Crippen molar-refractivity contribution in [3.05, 3.63) is 41.8 Å². The van der Waals surface area contributed by atoms with Crippen molar-refractivity contribution in [1.82, 2.24) is 10.2 Å². The molecule has 0 unspecified atom stereocenters. The van der Waals surface area contributed by atoms with Crippen LogP contribution < -0.4 is 10.1 Å². The number of hydrogen-bond donors (Lipinski definition) is 1. The molecule has 1 amide bonds. The first-order valence-corrected chi connectivity index (χ1v) is 9.14. The molecule has 0 bridgehead atoms. The van der Waals surface area contributed by atoms with Crippen LogP contribution in [-0.4, -0.2) is 28.5 Å². The highest BCUT2D eigenvalue weighted by Gasteiger charge is 2.13. The highest BCUT2D eigenvalue weighted by molar-refractivity contribution is 7.99. The fourth-order valence-corrected chi connectivity index (χ4v) is 3.14. The summed E-state index contributed by atoms with van der Waals surface area (Å²) in [6, 6.07) is 11.1. The number of hydrogen-bond acceptors (Lipinski definition) is 7. The van der Waals surface area contributed by atoms with Crippen molar-refractivity contribution < 1.29 is 13.9 Å². The Kier molecular flexibility index (Phi) is 5.50. The molecular weight excluding hydrogens is 346 g/mol. The third-order valence-corrected chi connectivity index (χ3v) is 4.60. The second-order valence-electron chi connectivity index (χ2n) is 4.62. The second kappa shape index (κ2) is 7.98. The Labute approximate surface area is 147 Å². The molecule has 1 N–H and O–H groups in total. The van der Waals surface area contributed by atoms with Gasteiger partial charge >= 0.3 is 0 Å². The first kappa shape index (κ1) is 16.5. The van der Waals surface area contributed by atoms with E-state index in [2.05, 4.69) is 15.5 Å². The molecule has 0 spiro atoms. The zero-order chi connectivity index (χ0) is 16.8. The normalized spacial score (nSPS) is 10.5. The Bertz CT molecular complexity index is 803. The van der Waals surface area contributed by atoms with Crippen molar-refractivity contribution in [3.8, 4) is 16.5 Å². The van der Waals surface area contributed by atoms with Crippen LogP contribution in [0.25, 0.3) is 10.8 Å². The molecule has 0 fully saturated rings. The van der Waals surface area contributed by atoms with Crippen molar-refractivity contribution in [1.29, 1.82) is 0 Å². The molecule has 3 rings (SSSR count). The number of carbonyl (C=O) groups excluding carboxylic acids is 1. The average molecular weight is 361 g/mol. The lowest BCUT2D eigenvalue weighted by Crippen LogP contribution is -2.14. The van der Waals surface area contributed by atoms with Crippen molar-refractivity contribution in [2.75, 3.05) is 17.7 Å². The number of aromatic nitrogens is 2. The lowest BCUT2D eigenvalue weighted by Gasteiger charge is -2.10. The molecule has 1 aromatic carbocycles. The standard InChI is InChI=1S/C16H15N3O3S2/c1-2-21-12-7-4-3-6-11(12)17-14(20)10-24-16-19-18-15(22-16)13-8-5-9-23-13/h3-9H,2,10H2,1H3,(H,17,20). The van der Waals surface area contributed by atoms with Crippen molar-refractivity contribution >= 4 is 34.7 Å². The smallest absolute Gasteiger partial charge is 0.277 e. The monoisotopic (exact) mass is 361 g/mol. The van der Waals surface area contributed by atoms with Crippen LogP contribution in [-0.2, 0) is 4.79 Å². The average Bonchev–Trinajstić information content (AvgIpc) is 3.26. The predicted molar refractivity (Wildman–Crippen MR) is 94.6 cm³/mol. The summed E-state index contributed by atoms with van der Waals surface area (Å²) < 4.78 is 11.0. The molecule has 6 nitrogen and oxygen atoms in total. The van der Waals surface area contributed by atoms with Gasteiger partial charge in [0.2, 0.25) is 5.91 Å². The minimum atomic E-state index is -0.164. The summed E-state index contributed by atoms with van der Waals surface area (Å²) in [4.78, 5) is 13.0. The van der Waals surface area contributed by atoms with Gasteiger partial charge in [-0.25, -0.2) is 0 Å². The van der Waals surface area contributed by atoms with E-state index in [0.29, 0.717) is 29.2 Å². The minimum absolute atomic E-state index is 0.164. The van der Waals surface area contributed by atoms with Crippen LogP contribution in [0.15, 0.2) is 51.4 Å². The SMILES string of the molecule is CCOc1ccccc1NC(=O)CSc1nnc(-c2cccs2)o1. The Morgan fingerprint density at radius 3 is 2.96 bits per heavy atom. The van der Waals surface area contributed by atoms with Gasteiger partial charge in [-0.3, -0.25) is 4.79 Å². The van der Waals surface area contributed by atoms with E-state index < -0.39 is 0 Å². The molecule has 2 aromatic heterocycles. The van der Waals surface area contributed by atoms with Crippen LogP contribution in [0.2, 0.25) is 0 Å². The van der Waals surface area contributed by atoms with Gasteiger partial charge in [0, 0.05) is 0 Å². The maximum Gasteiger partial charge on any atom is 0.277 e. The highest BCUT2D eigenvalue weighted by atomic mass is 32.2. The molecule has 24 heavy (non-hydrogen) atoms. The molecule has 2 heterocycles. The maximum absolute atomic E-state index is 12.1. The van der Waals surface area contributed by atoms with Gasteiger partial charge in [0.05, 0.1) is 22.9 Å². The van der Waals surface area contributed by atoms with Gasteiger partial charge in [-0.05, 0) is 30.5 Å². The van der Waals surface area contributed by atoms with E-state index in [1.807, 2.05) is 42.6 Å². The number of anilines is 1. The van der Waals surface area contributed by atoms with Crippen molar-refractivity contribution in [3.63, 3.8) is 0 Å². The molecule has 8 heteroatoms. The van der Waals surface area contributed by atoms with E-state index in [0.717, 1.165) is 4.88 Å². The van der Waals surface area contributed by atoms with Gasteiger partial charge in [0.25, 0.3) is 11.1 Å². The molecule has 0 saturated heterocycles. The van der Waals surface area contributed by atoms with E-state index >= 15 is 0 Å². The van der Waals surface area contributed by atoms with Gasteiger partial charge in [-0.15, -0.1) is 21.5 Å². The van der Waals surface area contributed by atoms with Gasteiger partial charge in [-0.1, -0.05) is 30.0 Å². The number of para-hydroxylation sites is 2. The third-order valence-electron chi connectivity index (χ3n) is 2.93. The predicted octanol–water partition coefficient (Wildman–Crippen LogP) is 3.93. The quantitative estimate of drug-likeness (QED) is 0.643. The topological polar surface area (TPSA) is 77.2 Å². The summed E-state index contributed by atoms with van der Waals surface area (Å²) in [7, 11) is 0. The summed E-state index contributed by atoms with van der Waals surface area (Å²) in [5.41, 5.74) is 0.648. The maximum atomic E-state index is 12.1. The Hall–Kier alpha value is -2.32. The zero-order valence-electron chi connectivity index (χ0n) is 12.9. The summed E-state index contributed by atoms with van der Waals surface area (Å²) in [5.74, 6) is 1.13. The van der Waals surface area contributed by atoms with E-state index in [9.17, 15) is 4.79 Å². The third kappa shape index (κ3) is 4.15. The number of rotatable bonds is 7. The molecule has 0 radical (unpaired) electrons. The number of nitrogens with one attached hydrogen (secondary N) is 1. The number of thioether (sulfide) groups is 1. The van der Waals surface area contributed by atoms with Crippen molar-refractivity contribution in [2.24, 2.45) is 0 Å². The number of thiophene rings is 1. The fraction of sp³-hybridized carbons (Fsp3) is 0.188. The van der Waals surface area contributed by atoms with Crippen LogP contribution in [0.4, 0.5) is 5.69 Å². The first-order valence-electron chi connectivity index (χ1n) is 7.28. The molecule has 0 atom stereocenters. The Balaban J connectivity index is 1.56. The van der Waals surface area contributed by atoms with Crippen LogP contribution in [0, 0.1) is 0 Å². The lowest BCUT2D eigenvalue weighted by molar-refractivity contribution is -0.113.